The van der Waals surface area contributed by atoms with Crippen LogP contribution in [0.15, 0.2) is 42.5 Å². The van der Waals surface area contributed by atoms with Crippen LogP contribution in [0, 0.1) is 13.8 Å². The highest BCUT2D eigenvalue weighted by molar-refractivity contribution is 7.18. The summed E-state index contributed by atoms with van der Waals surface area (Å²) in [6.07, 6.45) is 1.45. The van der Waals surface area contributed by atoms with Crippen LogP contribution in [0.25, 0.3) is 10.2 Å². The fourth-order valence-corrected chi connectivity index (χ4v) is 4.90. The Bertz CT molecular complexity index is 956. The van der Waals surface area contributed by atoms with E-state index in [1.165, 1.54) is 15.3 Å². The van der Waals surface area contributed by atoms with Gasteiger partial charge in [-0.05, 0) is 62.9 Å². The summed E-state index contributed by atoms with van der Waals surface area (Å²) in [6, 6.07) is 14.3. The SMILES string of the molecule is Cc1cccc(OC(C)C(=O)N2CCC(c3nc4ccccc4s3)CC2)c1C. The maximum Gasteiger partial charge on any atom is 0.263 e. The minimum absolute atomic E-state index is 0.0728. The van der Waals surface area contributed by atoms with Crippen LogP contribution < -0.4 is 4.74 Å². The summed E-state index contributed by atoms with van der Waals surface area (Å²) in [5, 5.41) is 1.20. The number of hydrogen-bond donors (Lipinski definition) is 0. The summed E-state index contributed by atoms with van der Waals surface area (Å²) in [5.41, 5.74) is 3.35. The molecule has 1 fully saturated rings. The Morgan fingerprint density at radius 1 is 1.14 bits per heavy atom. The maximum atomic E-state index is 12.9. The molecule has 4 nitrogen and oxygen atoms in total. The Balaban J connectivity index is 1.37. The van der Waals surface area contributed by atoms with Crippen molar-refractivity contribution in [3.05, 3.63) is 58.6 Å². The number of hydrogen-bond acceptors (Lipinski definition) is 4. The zero-order chi connectivity index (χ0) is 19.7. The van der Waals surface area contributed by atoms with Crippen LogP contribution in [0.5, 0.6) is 5.75 Å². The summed E-state index contributed by atoms with van der Waals surface area (Å²) in [5.74, 6) is 1.31. The van der Waals surface area contributed by atoms with Crippen LogP contribution in [-0.4, -0.2) is 35.0 Å². The van der Waals surface area contributed by atoms with E-state index in [0.717, 1.165) is 42.8 Å². The fraction of sp³-hybridized carbons (Fsp3) is 0.391. The third-order valence-corrected chi connectivity index (χ3v) is 6.87. The Morgan fingerprint density at radius 3 is 2.64 bits per heavy atom. The Hall–Kier alpha value is -2.40. The van der Waals surface area contributed by atoms with Crippen LogP contribution in [-0.2, 0) is 4.79 Å². The van der Waals surface area contributed by atoms with Crippen LogP contribution in [0.1, 0.15) is 41.8 Å². The van der Waals surface area contributed by atoms with Gasteiger partial charge in [-0.3, -0.25) is 4.79 Å². The molecule has 1 amide bonds. The van der Waals surface area contributed by atoms with Gasteiger partial charge in [0.25, 0.3) is 5.91 Å². The molecule has 1 atom stereocenters. The first-order chi connectivity index (χ1) is 13.5. The number of carbonyl (C=O) groups is 1. The van der Waals surface area contributed by atoms with Crippen LogP contribution >= 0.6 is 11.3 Å². The van der Waals surface area contributed by atoms with Gasteiger partial charge >= 0.3 is 0 Å². The van der Waals surface area contributed by atoms with Crippen molar-refractivity contribution in [3.8, 4) is 5.75 Å². The first-order valence-electron chi connectivity index (χ1n) is 9.90. The molecule has 0 radical (unpaired) electrons. The lowest BCUT2D eigenvalue weighted by atomic mass is 9.97. The molecule has 5 heteroatoms. The molecule has 0 aliphatic carbocycles. The minimum atomic E-state index is -0.473. The summed E-state index contributed by atoms with van der Waals surface area (Å²) < 4.78 is 7.23. The van der Waals surface area contributed by atoms with E-state index in [-0.39, 0.29) is 5.91 Å². The van der Waals surface area contributed by atoms with Gasteiger partial charge in [0.2, 0.25) is 0 Å². The van der Waals surface area contributed by atoms with E-state index >= 15 is 0 Å². The van der Waals surface area contributed by atoms with Gasteiger partial charge in [-0.15, -0.1) is 11.3 Å². The molecule has 0 saturated carbocycles. The lowest BCUT2D eigenvalue weighted by Gasteiger charge is -2.33. The fourth-order valence-electron chi connectivity index (χ4n) is 3.76. The van der Waals surface area contributed by atoms with Crippen molar-refractivity contribution in [1.29, 1.82) is 0 Å². The first-order valence-corrected chi connectivity index (χ1v) is 10.7. The first kappa shape index (κ1) is 18.9. The molecule has 4 rings (SSSR count). The van der Waals surface area contributed by atoms with Gasteiger partial charge in [0.1, 0.15) is 5.75 Å². The number of fused-ring (bicyclic) bond motifs is 1. The minimum Gasteiger partial charge on any atom is -0.481 e. The van der Waals surface area contributed by atoms with Gasteiger partial charge in [0, 0.05) is 19.0 Å². The zero-order valence-corrected chi connectivity index (χ0v) is 17.5. The number of nitrogens with zero attached hydrogens (tertiary/aromatic N) is 2. The molecule has 1 aliphatic rings. The summed E-state index contributed by atoms with van der Waals surface area (Å²) in [4.78, 5) is 19.6. The number of likely N-dealkylation sites (tertiary alicyclic amines) is 1. The van der Waals surface area contributed by atoms with Crippen molar-refractivity contribution in [1.82, 2.24) is 9.88 Å². The van der Waals surface area contributed by atoms with Crippen molar-refractivity contribution in [2.75, 3.05) is 13.1 Å². The number of aryl methyl sites for hydroxylation is 1. The van der Waals surface area contributed by atoms with Crippen molar-refractivity contribution in [3.63, 3.8) is 0 Å². The highest BCUT2D eigenvalue weighted by atomic mass is 32.1. The standard InChI is InChI=1S/C23H26N2O2S/c1-15-7-6-9-20(16(15)2)27-17(3)23(26)25-13-11-18(12-14-25)22-24-19-8-4-5-10-21(19)28-22/h4-10,17-18H,11-14H2,1-3H3. The van der Waals surface area contributed by atoms with Crippen molar-refractivity contribution < 1.29 is 9.53 Å². The lowest BCUT2D eigenvalue weighted by Crippen LogP contribution is -2.44. The molecule has 0 bridgehead atoms. The summed E-state index contributed by atoms with van der Waals surface area (Å²) >= 11 is 1.79. The summed E-state index contributed by atoms with van der Waals surface area (Å²) in [6.45, 7) is 7.47. The number of piperidine rings is 1. The summed E-state index contributed by atoms with van der Waals surface area (Å²) in [7, 11) is 0. The molecule has 1 aliphatic heterocycles. The molecule has 2 aromatic carbocycles. The van der Waals surface area contributed by atoms with E-state index in [0.29, 0.717) is 5.92 Å². The molecule has 1 aromatic heterocycles. The molecular weight excluding hydrogens is 368 g/mol. The number of thiazole rings is 1. The lowest BCUT2D eigenvalue weighted by molar-refractivity contribution is -0.139. The second-order valence-corrected chi connectivity index (χ2v) is 8.64. The molecule has 1 saturated heterocycles. The van der Waals surface area contributed by atoms with E-state index in [2.05, 4.69) is 31.2 Å². The topological polar surface area (TPSA) is 42.4 Å². The number of carbonyl (C=O) groups excluding carboxylic acids is 1. The molecule has 1 unspecified atom stereocenters. The quantitative estimate of drug-likeness (QED) is 0.619. The number of benzene rings is 2. The van der Waals surface area contributed by atoms with E-state index in [1.54, 1.807) is 11.3 Å². The number of para-hydroxylation sites is 1. The number of rotatable bonds is 4. The average Bonchev–Trinajstić information content (AvgIpc) is 3.15. The molecule has 28 heavy (non-hydrogen) atoms. The molecule has 146 valence electrons. The Labute approximate surface area is 170 Å². The Morgan fingerprint density at radius 2 is 1.89 bits per heavy atom. The van der Waals surface area contributed by atoms with Gasteiger partial charge in [0.15, 0.2) is 6.10 Å². The van der Waals surface area contributed by atoms with Gasteiger partial charge in [-0.2, -0.15) is 0 Å². The predicted molar refractivity (Wildman–Crippen MR) is 114 cm³/mol. The van der Waals surface area contributed by atoms with Crippen LogP contribution in [0.2, 0.25) is 0 Å². The predicted octanol–water partition coefficient (Wildman–Crippen LogP) is 5.09. The number of ether oxygens (including phenoxy) is 1. The number of aromatic nitrogens is 1. The smallest absolute Gasteiger partial charge is 0.263 e. The van der Waals surface area contributed by atoms with E-state index in [4.69, 9.17) is 9.72 Å². The molecule has 0 spiro atoms. The van der Waals surface area contributed by atoms with Gasteiger partial charge < -0.3 is 9.64 Å². The van der Waals surface area contributed by atoms with Gasteiger partial charge in [0.05, 0.1) is 15.2 Å². The van der Waals surface area contributed by atoms with Crippen LogP contribution in [0.3, 0.4) is 0 Å². The molecule has 0 N–H and O–H groups in total. The third-order valence-electron chi connectivity index (χ3n) is 5.67. The normalized spacial score (nSPS) is 16.3. The van der Waals surface area contributed by atoms with Gasteiger partial charge in [-0.25, -0.2) is 4.98 Å². The molecular formula is C23H26N2O2S. The number of amides is 1. The third kappa shape index (κ3) is 3.76. The van der Waals surface area contributed by atoms with Crippen molar-refractivity contribution >= 4 is 27.5 Å². The second-order valence-electron chi connectivity index (χ2n) is 7.58. The van der Waals surface area contributed by atoms with Crippen LogP contribution in [0.4, 0.5) is 0 Å². The van der Waals surface area contributed by atoms with E-state index < -0.39 is 6.10 Å². The average molecular weight is 395 g/mol. The molecule has 2 heterocycles. The van der Waals surface area contributed by atoms with Crippen molar-refractivity contribution in [2.45, 2.75) is 45.6 Å². The Kier molecular flexibility index (Phi) is 5.36. The largest absolute Gasteiger partial charge is 0.481 e. The zero-order valence-electron chi connectivity index (χ0n) is 16.6. The second kappa shape index (κ2) is 7.92. The molecule has 3 aromatic rings. The highest BCUT2D eigenvalue weighted by Gasteiger charge is 2.29. The van der Waals surface area contributed by atoms with E-state index in [9.17, 15) is 4.79 Å². The maximum absolute atomic E-state index is 12.9. The van der Waals surface area contributed by atoms with E-state index in [1.807, 2.05) is 36.9 Å². The highest BCUT2D eigenvalue weighted by Crippen LogP contribution is 2.34. The van der Waals surface area contributed by atoms with Gasteiger partial charge in [-0.1, -0.05) is 24.3 Å². The monoisotopic (exact) mass is 394 g/mol. The van der Waals surface area contributed by atoms with Crippen molar-refractivity contribution in [2.24, 2.45) is 0 Å².